The Hall–Kier alpha value is -1.17. The van der Waals surface area contributed by atoms with Crippen LogP contribution < -0.4 is 5.32 Å². The zero-order valence-electron chi connectivity index (χ0n) is 11.2. The second-order valence-corrected chi connectivity index (χ2v) is 7.58. The summed E-state index contributed by atoms with van der Waals surface area (Å²) in [4.78, 5) is 9.80. The average Bonchev–Trinajstić information content (AvgIpc) is 3.01. The molecule has 0 fully saturated rings. The number of hydrogen-bond donors (Lipinski definition) is 1. The number of anilines is 1. The molecule has 1 N–H and O–H groups in total. The highest BCUT2D eigenvalue weighted by atomic mass is 35.5. The molecule has 3 nitrogen and oxygen atoms in total. The van der Waals surface area contributed by atoms with E-state index in [2.05, 4.69) is 47.3 Å². The first kappa shape index (κ1) is 13.8. The Morgan fingerprint density at radius 3 is 2.85 bits per heavy atom. The lowest BCUT2D eigenvalue weighted by Gasteiger charge is -2.03. The second kappa shape index (κ2) is 5.68. The molecule has 1 aromatic carbocycles. The van der Waals surface area contributed by atoms with E-state index in [0.29, 0.717) is 10.4 Å². The molecular formula is C14H14ClN3S2. The summed E-state index contributed by atoms with van der Waals surface area (Å²) in [6.07, 6.45) is 1.81. The van der Waals surface area contributed by atoms with Crippen molar-refractivity contribution >= 4 is 50.2 Å². The van der Waals surface area contributed by atoms with Gasteiger partial charge >= 0.3 is 0 Å². The third-order valence-corrected chi connectivity index (χ3v) is 5.32. The minimum absolute atomic E-state index is 0.475. The molecule has 0 aliphatic rings. The molecule has 2 aromatic heterocycles. The fourth-order valence-electron chi connectivity index (χ4n) is 1.85. The number of halogens is 1. The Morgan fingerprint density at radius 2 is 2.15 bits per heavy atom. The van der Waals surface area contributed by atoms with Crippen LogP contribution in [-0.2, 0) is 6.54 Å². The van der Waals surface area contributed by atoms with Crippen molar-refractivity contribution in [1.29, 1.82) is 0 Å². The van der Waals surface area contributed by atoms with E-state index in [1.165, 1.54) is 21.0 Å². The molecule has 0 radical (unpaired) electrons. The number of fused-ring (bicyclic) bond motifs is 1. The first-order valence-electron chi connectivity index (χ1n) is 6.36. The normalized spacial score (nSPS) is 11.4. The van der Waals surface area contributed by atoms with E-state index in [-0.39, 0.29) is 0 Å². The van der Waals surface area contributed by atoms with E-state index in [4.69, 9.17) is 11.6 Å². The highest BCUT2D eigenvalue weighted by Crippen LogP contribution is 2.29. The number of nitrogens with one attached hydrogen (secondary N) is 1. The Balaban J connectivity index is 1.78. The predicted octanol–water partition coefficient (Wildman–Crippen LogP) is 5.14. The van der Waals surface area contributed by atoms with Crippen molar-refractivity contribution in [2.45, 2.75) is 26.3 Å². The lowest BCUT2D eigenvalue weighted by molar-refractivity contribution is 0.857. The first-order chi connectivity index (χ1) is 9.61. The molecule has 0 aliphatic heterocycles. The molecule has 0 saturated carbocycles. The topological polar surface area (TPSA) is 37.8 Å². The molecular weight excluding hydrogens is 310 g/mol. The van der Waals surface area contributed by atoms with Crippen molar-refractivity contribution in [1.82, 2.24) is 9.97 Å². The molecule has 0 spiro atoms. The van der Waals surface area contributed by atoms with Gasteiger partial charge in [0.2, 0.25) is 0 Å². The number of thiazole rings is 2. The predicted molar refractivity (Wildman–Crippen MR) is 88.2 cm³/mol. The van der Waals surface area contributed by atoms with Crippen LogP contribution in [0, 0.1) is 0 Å². The zero-order chi connectivity index (χ0) is 14.1. The lowest BCUT2D eigenvalue weighted by Crippen LogP contribution is -1.96. The number of aromatic nitrogens is 2. The molecule has 3 rings (SSSR count). The van der Waals surface area contributed by atoms with Gasteiger partial charge in [0.15, 0.2) is 4.47 Å². The Labute approximate surface area is 130 Å². The zero-order valence-corrected chi connectivity index (χ0v) is 13.6. The minimum Gasteiger partial charge on any atom is -0.380 e. The monoisotopic (exact) mass is 323 g/mol. The van der Waals surface area contributed by atoms with Crippen molar-refractivity contribution < 1.29 is 0 Å². The van der Waals surface area contributed by atoms with Crippen molar-refractivity contribution in [3.8, 4) is 0 Å². The standard InChI is InChI=1S/C14H14ClN3S2/c1-8(2)13-18-11-4-3-9(5-12(11)20-13)16-6-10-7-17-14(15)19-10/h3-5,7-8,16H,6H2,1-2H3. The maximum absolute atomic E-state index is 5.83. The van der Waals surface area contributed by atoms with Gasteiger partial charge in [0.1, 0.15) is 0 Å². The largest absolute Gasteiger partial charge is 0.380 e. The number of benzene rings is 1. The Bertz CT molecular complexity index is 733. The molecule has 2 heterocycles. The van der Waals surface area contributed by atoms with Crippen LogP contribution in [0.3, 0.4) is 0 Å². The van der Waals surface area contributed by atoms with E-state index in [0.717, 1.165) is 22.6 Å². The summed E-state index contributed by atoms with van der Waals surface area (Å²) in [5, 5.41) is 4.58. The first-order valence-corrected chi connectivity index (χ1v) is 8.37. The van der Waals surface area contributed by atoms with Gasteiger partial charge in [-0.15, -0.1) is 22.7 Å². The maximum atomic E-state index is 5.83. The van der Waals surface area contributed by atoms with E-state index in [9.17, 15) is 0 Å². The molecule has 0 saturated heterocycles. The van der Waals surface area contributed by atoms with Crippen molar-refractivity contribution in [2.24, 2.45) is 0 Å². The summed E-state index contributed by atoms with van der Waals surface area (Å²) in [6.45, 7) is 5.08. The van der Waals surface area contributed by atoms with Crippen LogP contribution in [0.4, 0.5) is 5.69 Å². The summed E-state index contributed by atoms with van der Waals surface area (Å²) in [5.41, 5.74) is 2.17. The van der Waals surface area contributed by atoms with E-state index < -0.39 is 0 Å². The quantitative estimate of drug-likeness (QED) is 0.722. The van der Waals surface area contributed by atoms with E-state index in [1.807, 2.05) is 6.20 Å². The van der Waals surface area contributed by atoms with Gasteiger partial charge in [0.25, 0.3) is 0 Å². The SMILES string of the molecule is CC(C)c1nc2ccc(NCc3cnc(Cl)s3)cc2s1. The molecule has 0 unspecified atom stereocenters. The summed E-state index contributed by atoms with van der Waals surface area (Å²) < 4.78 is 1.81. The molecule has 6 heteroatoms. The summed E-state index contributed by atoms with van der Waals surface area (Å²) >= 11 is 9.09. The highest BCUT2D eigenvalue weighted by molar-refractivity contribution is 7.18. The van der Waals surface area contributed by atoms with Gasteiger partial charge in [-0.1, -0.05) is 25.4 Å². The third kappa shape index (κ3) is 2.95. The Kier molecular flexibility index (Phi) is 3.92. The Morgan fingerprint density at radius 1 is 1.30 bits per heavy atom. The van der Waals surface area contributed by atoms with Gasteiger partial charge < -0.3 is 5.32 Å². The summed E-state index contributed by atoms with van der Waals surface area (Å²) in [6, 6.07) is 6.29. The number of nitrogens with zero attached hydrogens (tertiary/aromatic N) is 2. The van der Waals surface area contributed by atoms with E-state index >= 15 is 0 Å². The molecule has 3 aromatic rings. The van der Waals surface area contributed by atoms with Crippen molar-refractivity contribution in [3.05, 3.63) is 38.7 Å². The van der Waals surface area contributed by atoms with Crippen LogP contribution in [0.2, 0.25) is 4.47 Å². The van der Waals surface area contributed by atoms with Crippen LogP contribution in [-0.4, -0.2) is 9.97 Å². The van der Waals surface area contributed by atoms with Crippen LogP contribution in [0.15, 0.2) is 24.4 Å². The number of hydrogen-bond acceptors (Lipinski definition) is 5. The summed E-state index contributed by atoms with van der Waals surface area (Å²) in [5.74, 6) is 0.475. The molecule has 0 bridgehead atoms. The summed E-state index contributed by atoms with van der Waals surface area (Å²) in [7, 11) is 0. The lowest BCUT2D eigenvalue weighted by atomic mass is 10.2. The van der Waals surface area contributed by atoms with E-state index in [1.54, 1.807) is 11.3 Å². The molecule has 20 heavy (non-hydrogen) atoms. The maximum Gasteiger partial charge on any atom is 0.183 e. The van der Waals surface area contributed by atoms with Gasteiger partial charge in [0, 0.05) is 22.7 Å². The van der Waals surface area contributed by atoms with Gasteiger partial charge in [-0.25, -0.2) is 9.97 Å². The van der Waals surface area contributed by atoms with Gasteiger partial charge in [0.05, 0.1) is 21.8 Å². The fraction of sp³-hybridized carbons (Fsp3) is 0.286. The smallest absolute Gasteiger partial charge is 0.183 e. The molecule has 104 valence electrons. The molecule has 0 atom stereocenters. The third-order valence-electron chi connectivity index (χ3n) is 2.89. The van der Waals surface area contributed by atoms with Gasteiger partial charge in [-0.2, -0.15) is 0 Å². The van der Waals surface area contributed by atoms with Crippen LogP contribution >= 0.6 is 34.3 Å². The highest BCUT2D eigenvalue weighted by Gasteiger charge is 2.08. The van der Waals surface area contributed by atoms with Crippen LogP contribution in [0.25, 0.3) is 10.2 Å². The fourth-order valence-corrected chi connectivity index (χ4v) is 3.78. The van der Waals surface area contributed by atoms with Crippen LogP contribution in [0.1, 0.15) is 29.7 Å². The average molecular weight is 324 g/mol. The molecule has 0 aliphatic carbocycles. The van der Waals surface area contributed by atoms with Crippen LogP contribution in [0.5, 0.6) is 0 Å². The second-order valence-electron chi connectivity index (χ2n) is 4.82. The number of rotatable bonds is 4. The van der Waals surface area contributed by atoms with Gasteiger partial charge in [-0.3, -0.25) is 0 Å². The van der Waals surface area contributed by atoms with Gasteiger partial charge in [-0.05, 0) is 18.2 Å². The van der Waals surface area contributed by atoms with Crippen molar-refractivity contribution in [3.63, 3.8) is 0 Å². The van der Waals surface area contributed by atoms with Crippen molar-refractivity contribution in [2.75, 3.05) is 5.32 Å². The molecule has 0 amide bonds. The minimum atomic E-state index is 0.475.